The van der Waals surface area contributed by atoms with Crippen molar-refractivity contribution >= 4 is 15.7 Å². The molecule has 2 fully saturated rings. The van der Waals surface area contributed by atoms with Gasteiger partial charge in [0.1, 0.15) is 5.25 Å². The van der Waals surface area contributed by atoms with Crippen LogP contribution < -0.4 is 5.32 Å². The largest absolute Gasteiger partial charge is 0.343 e. The Hall–Kier alpha value is -0.660. The lowest BCUT2D eigenvalue weighted by Crippen LogP contribution is -2.49. The number of hydrogen-bond donors (Lipinski definition) is 1. The summed E-state index contributed by atoms with van der Waals surface area (Å²) in [4.78, 5) is 16.2. The summed E-state index contributed by atoms with van der Waals surface area (Å²) in [7, 11) is -1.51. The summed E-state index contributed by atoms with van der Waals surface area (Å²) < 4.78 is 23.9. The fourth-order valence-electron chi connectivity index (χ4n) is 2.81. The molecule has 1 atom stereocenters. The van der Waals surface area contributed by atoms with E-state index in [9.17, 15) is 13.2 Å². The molecule has 2 rings (SSSR count). The van der Waals surface area contributed by atoms with Crippen LogP contribution in [-0.4, -0.2) is 81.4 Å². The van der Waals surface area contributed by atoms with Gasteiger partial charge in [0.05, 0.1) is 5.75 Å². The van der Waals surface area contributed by atoms with Gasteiger partial charge in [-0.1, -0.05) is 6.42 Å². The number of likely N-dealkylation sites (N-methyl/N-ethyl adjacent to an activating group) is 1. The van der Waals surface area contributed by atoms with E-state index >= 15 is 0 Å². The number of rotatable bonds is 4. The van der Waals surface area contributed by atoms with Crippen molar-refractivity contribution in [3.05, 3.63) is 0 Å². The topological polar surface area (TPSA) is 69.7 Å². The summed E-state index contributed by atoms with van der Waals surface area (Å²) in [6.45, 7) is 5.36. The number of carbonyl (C=O) groups is 1. The van der Waals surface area contributed by atoms with Gasteiger partial charge in [-0.25, -0.2) is 8.42 Å². The zero-order valence-corrected chi connectivity index (χ0v) is 13.0. The molecule has 20 heavy (non-hydrogen) atoms. The Morgan fingerprint density at radius 2 is 2.00 bits per heavy atom. The van der Waals surface area contributed by atoms with E-state index in [1.165, 1.54) is 0 Å². The first-order valence-electron chi connectivity index (χ1n) is 7.40. The van der Waals surface area contributed by atoms with Gasteiger partial charge in [0.15, 0.2) is 9.84 Å². The average molecular weight is 303 g/mol. The predicted molar refractivity (Wildman–Crippen MR) is 78.4 cm³/mol. The predicted octanol–water partition coefficient (Wildman–Crippen LogP) is -0.683. The number of amides is 1. The van der Waals surface area contributed by atoms with Crippen LogP contribution in [0.15, 0.2) is 0 Å². The maximum Gasteiger partial charge on any atom is 0.240 e. The van der Waals surface area contributed by atoms with E-state index in [0.29, 0.717) is 19.4 Å². The highest BCUT2D eigenvalue weighted by atomic mass is 32.2. The fraction of sp³-hybridized carbons (Fsp3) is 0.923. The zero-order chi connectivity index (χ0) is 14.6. The molecule has 116 valence electrons. The molecule has 2 heterocycles. The molecule has 1 amide bonds. The van der Waals surface area contributed by atoms with E-state index in [1.807, 2.05) is 0 Å². The van der Waals surface area contributed by atoms with Gasteiger partial charge in [-0.2, -0.15) is 0 Å². The van der Waals surface area contributed by atoms with Gasteiger partial charge in [-0.05, 0) is 12.8 Å². The smallest absolute Gasteiger partial charge is 0.240 e. The van der Waals surface area contributed by atoms with Crippen LogP contribution in [-0.2, 0) is 14.6 Å². The molecular formula is C13H25N3O3S. The second-order valence-electron chi connectivity index (χ2n) is 5.70. The lowest BCUT2D eigenvalue weighted by atomic mass is 10.1. The number of nitrogens with zero attached hydrogens (tertiary/aromatic N) is 2. The SMILES string of the molecule is CN(CCN1CCNCC1)C(=O)C1CCCCS1(=O)=O. The minimum atomic E-state index is -3.23. The maximum absolute atomic E-state index is 12.3. The summed E-state index contributed by atoms with van der Waals surface area (Å²) >= 11 is 0. The highest BCUT2D eigenvalue weighted by Crippen LogP contribution is 2.21. The van der Waals surface area contributed by atoms with Crippen molar-refractivity contribution in [2.24, 2.45) is 0 Å². The molecule has 6 nitrogen and oxygen atoms in total. The second kappa shape index (κ2) is 6.87. The highest BCUT2D eigenvalue weighted by Gasteiger charge is 2.36. The van der Waals surface area contributed by atoms with E-state index in [4.69, 9.17) is 0 Å². The van der Waals surface area contributed by atoms with Crippen molar-refractivity contribution in [2.75, 3.05) is 52.1 Å². The van der Waals surface area contributed by atoms with Crippen molar-refractivity contribution in [1.82, 2.24) is 15.1 Å². The summed E-state index contributed by atoms with van der Waals surface area (Å²) in [5.41, 5.74) is 0. The van der Waals surface area contributed by atoms with Gasteiger partial charge < -0.3 is 10.2 Å². The third-order valence-electron chi connectivity index (χ3n) is 4.19. The van der Waals surface area contributed by atoms with Crippen molar-refractivity contribution in [3.8, 4) is 0 Å². The Kier molecular flexibility index (Phi) is 5.40. The van der Waals surface area contributed by atoms with Crippen LogP contribution in [0.25, 0.3) is 0 Å². The van der Waals surface area contributed by atoms with Crippen LogP contribution in [0.2, 0.25) is 0 Å². The average Bonchev–Trinajstić information content (AvgIpc) is 2.44. The highest BCUT2D eigenvalue weighted by molar-refractivity contribution is 7.92. The first kappa shape index (κ1) is 15.7. The summed E-state index contributed by atoms with van der Waals surface area (Å²) in [5, 5.41) is 2.48. The lowest BCUT2D eigenvalue weighted by molar-refractivity contribution is -0.129. The molecule has 1 unspecified atom stereocenters. The molecule has 7 heteroatoms. The normalized spacial score (nSPS) is 27.1. The Morgan fingerprint density at radius 1 is 1.30 bits per heavy atom. The molecule has 0 radical (unpaired) electrons. The molecule has 0 aromatic heterocycles. The molecule has 0 saturated carbocycles. The standard InChI is InChI=1S/C13H25N3O3S/c1-15(9-10-16-7-5-14-6-8-16)13(17)12-4-2-3-11-20(12,18)19/h12,14H,2-11H2,1H3. The van der Waals surface area contributed by atoms with E-state index in [0.717, 1.165) is 39.1 Å². The van der Waals surface area contributed by atoms with Crippen molar-refractivity contribution in [1.29, 1.82) is 0 Å². The zero-order valence-electron chi connectivity index (χ0n) is 12.2. The molecule has 2 saturated heterocycles. The quantitative estimate of drug-likeness (QED) is 0.745. The molecule has 0 aromatic carbocycles. The Balaban J connectivity index is 1.84. The molecule has 0 bridgehead atoms. The Labute approximate surface area is 121 Å². The van der Waals surface area contributed by atoms with Crippen LogP contribution in [0.5, 0.6) is 0 Å². The number of piperazine rings is 1. The second-order valence-corrected chi connectivity index (χ2v) is 8.01. The summed E-state index contributed by atoms with van der Waals surface area (Å²) in [6.07, 6.45) is 2.01. The third-order valence-corrected chi connectivity index (χ3v) is 6.35. The third kappa shape index (κ3) is 3.93. The molecule has 0 aliphatic carbocycles. The van der Waals surface area contributed by atoms with Crippen LogP contribution in [0.3, 0.4) is 0 Å². The van der Waals surface area contributed by atoms with Crippen LogP contribution in [0.4, 0.5) is 0 Å². The lowest BCUT2D eigenvalue weighted by Gasteiger charge is -2.31. The number of carbonyl (C=O) groups excluding carboxylic acids is 1. The maximum atomic E-state index is 12.3. The van der Waals surface area contributed by atoms with E-state index in [1.54, 1.807) is 11.9 Å². The number of hydrogen-bond acceptors (Lipinski definition) is 5. The van der Waals surface area contributed by atoms with Crippen LogP contribution >= 0.6 is 0 Å². The molecule has 2 aliphatic heterocycles. The van der Waals surface area contributed by atoms with E-state index in [-0.39, 0.29) is 11.7 Å². The van der Waals surface area contributed by atoms with Gasteiger partial charge in [-0.3, -0.25) is 9.69 Å². The minimum absolute atomic E-state index is 0.162. The van der Waals surface area contributed by atoms with Gasteiger partial charge >= 0.3 is 0 Å². The van der Waals surface area contributed by atoms with Gasteiger partial charge in [0, 0.05) is 46.3 Å². The van der Waals surface area contributed by atoms with Crippen LogP contribution in [0.1, 0.15) is 19.3 Å². The van der Waals surface area contributed by atoms with Crippen molar-refractivity contribution in [3.63, 3.8) is 0 Å². The monoisotopic (exact) mass is 303 g/mol. The molecule has 0 aromatic rings. The molecular weight excluding hydrogens is 278 g/mol. The summed E-state index contributed by atoms with van der Waals surface area (Å²) in [5.74, 6) is -0.0606. The van der Waals surface area contributed by atoms with Crippen molar-refractivity contribution < 1.29 is 13.2 Å². The van der Waals surface area contributed by atoms with E-state index < -0.39 is 15.1 Å². The molecule has 1 N–H and O–H groups in total. The Morgan fingerprint density at radius 3 is 2.65 bits per heavy atom. The first-order chi connectivity index (χ1) is 9.50. The van der Waals surface area contributed by atoms with Crippen LogP contribution in [0, 0.1) is 0 Å². The van der Waals surface area contributed by atoms with E-state index in [2.05, 4.69) is 10.2 Å². The number of nitrogens with one attached hydrogen (secondary N) is 1. The Bertz CT molecular complexity index is 432. The summed E-state index contributed by atoms with van der Waals surface area (Å²) in [6, 6.07) is 0. The van der Waals surface area contributed by atoms with Gasteiger partial charge in [0.25, 0.3) is 0 Å². The fourth-order valence-corrected chi connectivity index (χ4v) is 4.72. The van der Waals surface area contributed by atoms with Gasteiger partial charge in [-0.15, -0.1) is 0 Å². The van der Waals surface area contributed by atoms with Crippen molar-refractivity contribution in [2.45, 2.75) is 24.5 Å². The molecule has 0 spiro atoms. The number of sulfone groups is 1. The first-order valence-corrected chi connectivity index (χ1v) is 9.12. The molecule has 2 aliphatic rings. The van der Waals surface area contributed by atoms with Gasteiger partial charge in [0.2, 0.25) is 5.91 Å². The minimum Gasteiger partial charge on any atom is -0.343 e.